The molecule has 5 heteroatoms. The summed E-state index contributed by atoms with van der Waals surface area (Å²) in [5.41, 5.74) is 1.62. The lowest BCUT2D eigenvalue weighted by Gasteiger charge is -2.38. The molecule has 0 amide bonds. The molecule has 2 aliphatic rings. The summed E-state index contributed by atoms with van der Waals surface area (Å²) in [6, 6.07) is 3.54. The van der Waals surface area contributed by atoms with Crippen molar-refractivity contribution in [3.05, 3.63) is 30.2 Å². The van der Waals surface area contributed by atoms with E-state index in [1.54, 1.807) is 29.1 Å². The molecule has 2 aliphatic carbocycles. The molecule has 0 radical (unpaired) electrons. The lowest BCUT2D eigenvalue weighted by Crippen LogP contribution is -2.38. The Labute approximate surface area is 129 Å². The molecule has 116 valence electrons. The van der Waals surface area contributed by atoms with E-state index >= 15 is 0 Å². The van der Waals surface area contributed by atoms with Crippen molar-refractivity contribution in [3.63, 3.8) is 0 Å². The zero-order chi connectivity index (χ0) is 15.5. The van der Waals surface area contributed by atoms with Gasteiger partial charge in [0.2, 0.25) is 0 Å². The van der Waals surface area contributed by atoms with E-state index in [1.165, 1.54) is 6.42 Å². The van der Waals surface area contributed by atoms with E-state index in [-0.39, 0.29) is 22.9 Å². The number of rotatable bonds is 2. The molecule has 0 spiro atoms. The summed E-state index contributed by atoms with van der Waals surface area (Å²) >= 11 is 0. The van der Waals surface area contributed by atoms with Crippen LogP contribution in [0, 0.1) is 16.7 Å². The summed E-state index contributed by atoms with van der Waals surface area (Å²) in [7, 11) is 0. The highest BCUT2D eigenvalue weighted by atomic mass is 16.5. The summed E-state index contributed by atoms with van der Waals surface area (Å²) in [6.45, 7) is 6.92. The largest absolute Gasteiger partial charge is 0.458 e. The predicted octanol–water partition coefficient (Wildman–Crippen LogP) is 3.10. The Morgan fingerprint density at radius 1 is 1.36 bits per heavy atom. The van der Waals surface area contributed by atoms with Crippen LogP contribution in [0.4, 0.5) is 0 Å². The monoisotopic (exact) mass is 299 g/mol. The first kappa shape index (κ1) is 13.7. The van der Waals surface area contributed by atoms with Gasteiger partial charge in [0, 0.05) is 11.6 Å². The van der Waals surface area contributed by atoms with E-state index in [0.29, 0.717) is 11.5 Å². The van der Waals surface area contributed by atoms with Crippen molar-refractivity contribution < 1.29 is 9.53 Å². The molecule has 22 heavy (non-hydrogen) atoms. The third-order valence-corrected chi connectivity index (χ3v) is 6.49. The minimum atomic E-state index is -0.245. The fourth-order valence-electron chi connectivity index (χ4n) is 4.45. The van der Waals surface area contributed by atoms with Crippen LogP contribution < -0.4 is 0 Å². The van der Waals surface area contributed by atoms with E-state index in [4.69, 9.17) is 4.74 Å². The summed E-state index contributed by atoms with van der Waals surface area (Å²) in [5, 5.41) is 7.77. The van der Waals surface area contributed by atoms with E-state index in [9.17, 15) is 4.79 Å². The number of hydrogen-bond donors (Lipinski definition) is 0. The molecule has 0 aliphatic heterocycles. The molecule has 0 N–H and O–H groups in total. The zero-order valence-corrected chi connectivity index (χ0v) is 13.2. The maximum atomic E-state index is 12.5. The topological polar surface area (TPSA) is 56.5 Å². The Balaban J connectivity index is 1.58. The maximum absolute atomic E-state index is 12.5. The Kier molecular flexibility index (Phi) is 2.69. The minimum Gasteiger partial charge on any atom is -0.458 e. The van der Waals surface area contributed by atoms with Crippen LogP contribution in [0.2, 0.25) is 0 Å². The van der Waals surface area contributed by atoms with Crippen LogP contribution in [-0.4, -0.2) is 26.7 Å². The van der Waals surface area contributed by atoms with E-state index in [0.717, 1.165) is 18.5 Å². The number of ether oxygens (including phenoxy) is 1. The standard InChI is InChI=1S/C17H21N3O2/c1-16(2)12-6-7-17(16,3)13(8-12)22-15(21)11-4-5-14-19-18-10-20(14)9-11/h4-5,9-10,12-13H,6-8H2,1-3H3. The van der Waals surface area contributed by atoms with E-state index < -0.39 is 0 Å². The Hall–Kier alpha value is -1.91. The first-order valence-electron chi connectivity index (χ1n) is 7.92. The predicted molar refractivity (Wildman–Crippen MR) is 81.4 cm³/mol. The molecule has 4 rings (SSSR count). The van der Waals surface area contributed by atoms with Gasteiger partial charge in [-0.1, -0.05) is 20.8 Å². The maximum Gasteiger partial charge on any atom is 0.339 e. The van der Waals surface area contributed by atoms with Gasteiger partial charge >= 0.3 is 5.97 Å². The van der Waals surface area contributed by atoms with Crippen molar-refractivity contribution in [2.45, 2.75) is 46.1 Å². The average Bonchev–Trinajstić information content (AvgIpc) is 3.08. The minimum absolute atomic E-state index is 0.0189. The lowest BCUT2D eigenvalue weighted by molar-refractivity contribution is -0.0242. The fraction of sp³-hybridized carbons (Fsp3) is 0.588. The second-order valence-electron chi connectivity index (χ2n) is 7.52. The normalized spacial score (nSPS) is 32.5. The summed E-state index contributed by atoms with van der Waals surface area (Å²) in [4.78, 5) is 12.5. The second-order valence-corrected chi connectivity index (χ2v) is 7.52. The molecule has 2 saturated carbocycles. The zero-order valence-electron chi connectivity index (χ0n) is 13.2. The van der Waals surface area contributed by atoms with Gasteiger partial charge in [-0.2, -0.15) is 0 Å². The Bertz CT molecular complexity index is 751. The van der Waals surface area contributed by atoms with Crippen LogP contribution in [0.5, 0.6) is 0 Å². The first-order valence-corrected chi connectivity index (χ1v) is 7.92. The van der Waals surface area contributed by atoms with Gasteiger partial charge in [-0.05, 0) is 42.7 Å². The van der Waals surface area contributed by atoms with Gasteiger partial charge < -0.3 is 4.74 Å². The summed E-state index contributed by atoms with van der Waals surface area (Å²) < 4.78 is 7.64. The van der Waals surface area contributed by atoms with Gasteiger partial charge in [0.15, 0.2) is 5.65 Å². The molecule has 2 fully saturated rings. The number of aromatic nitrogens is 3. The Morgan fingerprint density at radius 2 is 2.18 bits per heavy atom. The molecule has 0 saturated heterocycles. The van der Waals surface area contributed by atoms with Crippen LogP contribution in [-0.2, 0) is 4.74 Å². The van der Waals surface area contributed by atoms with E-state index in [2.05, 4.69) is 31.0 Å². The van der Waals surface area contributed by atoms with Crippen molar-refractivity contribution in [2.75, 3.05) is 0 Å². The van der Waals surface area contributed by atoms with Crippen LogP contribution in [0.25, 0.3) is 5.65 Å². The fourth-order valence-corrected chi connectivity index (χ4v) is 4.45. The Morgan fingerprint density at radius 3 is 2.86 bits per heavy atom. The van der Waals surface area contributed by atoms with Gasteiger partial charge in [0.05, 0.1) is 5.56 Å². The number of carbonyl (C=O) groups is 1. The second kappa shape index (κ2) is 4.31. The van der Waals surface area contributed by atoms with Gasteiger partial charge in [0.25, 0.3) is 0 Å². The lowest BCUT2D eigenvalue weighted by atomic mass is 9.70. The van der Waals surface area contributed by atoms with Crippen LogP contribution in [0.1, 0.15) is 50.4 Å². The third-order valence-electron chi connectivity index (χ3n) is 6.49. The highest BCUT2D eigenvalue weighted by molar-refractivity contribution is 5.89. The number of hydrogen-bond acceptors (Lipinski definition) is 4. The molecular formula is C17H21N3O2. The highest BCUT2D eigenvalue weighted by Crippen LogP contribution is 2.66. The molecule has 0 aromatic carbocycles. The number of carbonyl (C=O) groups excluding carboxylic acids is 1. The first-order chi connectivity index (χ1) is 10.4. The van der Waals surface area contributed by atoms with Crippen molar-refractivity contribution in [3.8, 4) is 0 Å². The quantitative estimate of drug-likeness (QED) is 0.800. The van der Waals surface area contributed by atoms with Crippen LogP contribution in [0.15, 0.2) is 24.7 Å². The van der Waals surface area contributed by atoms with Crippen molar-refractivity contribution in [2.24, 2.45) is 16.7 Å². The number of esters is 1. The van der Waals surface area contributed by atoms with Crippen LogP contribution >= 0.6 is 0 Å². The van der Waals surface area contributed by atoms with Crippen molar-refractivity contribution >= 4 is 11.6 Å². The number of nitrogens with zero attached hydrogens (tertiary/aromatic N) is 3. The molecular weight excluding hydrogens is 278 g/mol. The third kappa shape index (κ3) is 1.68. The summed E-state index contributed by atoms with van der Waals surface area (Å²) in [6.07, 6.45) is 6.73. The molecule has 2 aromatic rings. The van der Waals surface area contributed by atoms with Crippen LogP contribution in [0.3, 0.4) is 0 Å². The molecule has 2 aromatic heterocycles. The molecule has 3 atom stereocenters. The van der Waals surface area contributed by atoms with Crippen molar-refractivity contribution in [1.82, 2.24) is 14.6 Å². The highest BCUT2D eigenvalue weighted by Gasteiger charge is 2.62. The van der Waals surface area contributed by atoms with Gasteiger partial charge in [-0.25, -0.2) is 4.79 Å². The molecule has 3 unspecified atom stereocenters. The smallest absolute Gasteiger partial charge is 0.339 e. The number of fused-ring (bicyclic) bond motifs is 3. The summed E-state index contributed by atoms with van der Waals surface area (Å²) in [5.74, 6) is 0.417. The number of pyridine rings is 1. The van der Waals surface area contributed by atoms with Gasteiger partial charge in [0.1, 0.15) is 12.4 Å². The van der Waals surface area contributed by atoms with E-state index in [1.807, 2.05) is 0 Å². The van der Waals surface area contributed by atoms with Gasteiger partial charge in [-0.15, -0.1) is 10.2 Å². The average molecular weight is 299 g/mol. The molecule has 5 nitrogen and oxygen atoms in total. The van der Waals surface area contributed by atoms with Gasteiger partial charge in [-0.3, -0.25) is 4.40 Å². The SMILES string of the molecule is CC1(C)C2CCC1(C)C(OC(=O)c1ccc3nncn3c1)C2. The van der Waals surface area contributed by atoms with Crippen molar-refractivity contribution in [1.29, 1.82) is 0 Å². The molecule has 2 bridgehead atoms. The molecule has 2 heterocycles.